The van der Waals surface area contributed by atoms with Crippen molar-refractivity contribution in [3.8, 4) is 5.75 Å². The Balaban J connectivity index is 1.66. The molecular weight excluding hydrogens is 228 g/mol. The molecule has 0 amide bonds. The van der Waals surface area contributed by atoms with Gasteiger partial charge in [0.05, 0.1) is 19.3 Å². The van der Waals surface area contributed by atoms with Crippen molar-refractivity contribution in [1.82, 2.24) is 4.90 Å². The number of anilines is 1. The number of phenols is 1. The van der Waals surface area contributed by atoms with Crippen molar-refractivity contribution >= 4 is 5.69 Å². The predicted octanol–water partition coefficient (Wildman–Crippen LogP) is 1.30. The first-order valence-corrected chi connectivity index (χ1v) is 6.61. The molecule has 4 heteroatoms. The van der Waals surface area contributed by atoms with Crippen molar-refractivity contribution < 1.29 is 9.84 Å². The smallest absolute Gasteiger partial charge is 0.115 e. The molecule has 0 saturated carbocycles. The Labute approximate surface area is 108 Å². The summed E-state index contributed by atoms with van der Waals surface area (Å²) in [5.74, 6) is 0.330. The zero-order chi connectivity index (χ0) is 12.5. The summed E-state index contributed by atoms with van der Waals surface area (Å²) in [4.78, 5) is 4.94. The standard InChI is InChI=1S/C14H20N2O2/c1-11-8-15(13-9-18-10-13)6-7-16(11)12-2-4-14(17)5-3-12/h2-5,11,13,17H,6-10H2,1H3. The molecular formula is C14H20N2O2. The minimum atomic E-state index is 0.330. The van der Waals surface area contributed by atoms with E-state index in [-0.39, 0.29) is 0 Å². The fourth-order valence-corrected chi connectivity index (χ4v) is 2.78. The van der Waals surface area contributed by atoms with Gasteiger partial charge in [-0.1, -0.05) is 0 Å². The number of hydrogen-bond acceptors (Lipinski definition) is 4. The minimum Gasteiger partial charge on any atom is -0.508 e. The Kier molecular flexibility index (Phi) is 3.14. The lowest BCUT2D eigenvalue weighted by molar-refractivity contribution is -0.0691. The largest absolute Gasteiger partial charge is 0.508 e. The molecule has 1 unspecified atom stereocenters. The van der Waals surface area contributed by atoms with E-state index < -0.39 is 0 Å². The molecule has 2 saturated heterocycles. The van der Waals surface area contributed by atoms with E-state index in [0.717, 1.165) is 32.8 Å². The van der Waals surface area contributed by atoms with E-state index >= 15 is 0 Å². The maximum atomic E-state index is 9.33. The molecule has 0 radical (unpaired) electrons. The summed E-state index contributed by atoms with van der Waals surface area (Å²) < 4.78 is 5.26. The average Bonchev–Trinajstić information content (AvgIpc) is 2.29. The van der Waals surface area contributed by atoms with E-state index in [1.165, 1.54) is 5.69 Å². The molecule has 0 bridgehead atoms. The Morgan fingerprint density at radius 2 is 1.89 bits per heavy atom. The summed E-state index contributed by atoms with van der Waals surface area (Å²) >= 11 is 0. The van der Waals surface area contributed by atoms with Crippen LogP contribution in [0.4, 0.5) is 5.69 Å². The van der Waals surface area contributed by atoms with E-state index in [1.54, 1.807) is 12.1 Å². The number of aromatic hydroxyl groups is 1. The van der Waals surface area contributed by atoms with Crippen LogP contribution in [0, 0.1) is 0 Å². The second-order valence-corrected chi connectivity index (χ2v) is 5.25. The van der Waals surface area contributed by atoms with Gasteiger partial charge in [0.25, 0.3) is 0 Å². The first-order valence-electron chi connectivity index (χ1n) is 6.61. The highest BCUT2D eigenvalue weighted by Crippen LogP contribution is 2.24. The molecule has 98 valence electrons. The number of benzene rings is 1. The lowest BCUT2D eigenvalue weighted by Crippen LogP contribution is -2.59. The summed E-state index contributed by atoms with van der Waals surface area (Å²) in [6, 6.07) is 8.64. The first-order chi connectivity index (χ1) is 8.74. The Morgan fingerprint density at radius 1 is 1.17 bits per heavy atom. The molecule has 2 aliphatic heterocycles. The van der Waals surface area contributed by atoms with Gasteiger partial charge in [0.2, 0.25) is 0 Å². The van der Waals surface area contributed by atoms with Crippen LogP contribution in [0.15, 0.2) is 24.3 Å². The molecule has 2 aliphatic rings. The van der Waals surface area contributed by atoms with Crippen molar-refractivity contribution in [2.75, 3.05) is 37.7 Å². The number of phenolic OH excluding ortho intramolecular Hbond substituents is 1. The van der Waals surface area contributed by atoms with Gasteiger partial charge >= 0.3 is 0 Å². The van der Waals surface area contributed by atoms with Gasteiger partial charge in [-0.15, -0.1) is 0 Å². The SMILES string of the molecule is CC1CN(C2COC2)CCN1c1ccc(O)cc1. The van der Waals surface area contributed by atoms with Gasteiger partial charge < -0.3 is 14.7 Å². The summed E-state index contributed by atoms with van der Waals surface area (Å²) in [5, 5.41) is 9.33. The topological polar surface area (TPSA) is 35.9 Å². The third kappa shape index (κ3) is 2.18. The van der Waals surface area contributed by atoms with E-state index in [4.69, 9.17) is 4.74 Å². The average molecular weight is 248 g/mol. The molecule has 0 aromatic heterocycles. The van der Waals surface area contributed by atoms with Crippen molar-refractivity contribution in [2.45, 2.75) is 19.0 Å². The normalized spacial score (nSPS) is 26.1. The molecule has 3 rings (SSSR count). The fourth-order valence-electron chi connectivity index (χ4n) is 2.78. The zero-order valence-corrected chi connectivity index (χ0v) is 10.7. The van der Waals surface area contributed by atoms with Gasteiger partial charge in [-0.25, -0.2) is 0 Å². The summed E-state index contributed by atoms with van der Waals surface area (Å²) in [5.41, 5.74) is 1.20. The number of hydrogen-bond donors (Lipinski definition) is 1. The summed E-state index contributed by atoms with van der Waals surface area (Å²) in [6.07, 6.45) is 0. The quantitative estimate of drug-likeness (QED) is 0.856. The molecule has 2 heterocycles. The van der Waals surface area contributed by atoms with Crippen molar-refractivity contribution in [2.24, 2.45) is 0 Å². The summed E-state index contributed by atoms with van der Waals surface area (Å²) in [7, 11) is 0. The number of nitrogens with zero attached hydrogens (tertiary/aromatic N) is 2. The maximum absolute atomic E-state index is 9.33. The van der Waals surface area contributed by atoms with Crippen LogP contribution in [0.3, 0.4) is 0 Å². The monoisotopic (exact) mass is 248 g/mol. The zero-order valence-electron chi connectivity index (χ0n) is 10.7. The molecule has 1 aromatic rings. The summed E-state index contributed by atoms with van der Waals surface area (Å²) in [6.45, 7) is 7.28. The molecule has 1 aromatic carbocycles. The highest BCUT2D eigenvalue weighted by Gasteiger charge is 2.32. The van der Waals surface area contributed by atoms with Crippen LogP contribution in [0.2, 0.25) is 0 Å². The van der Waals surface area contributed by atoms with Crippen LogP contribution < -0.4 is 4.90 Å². The van der Waals surface area contributed by atoms with Crippen molar-refractivity contribution in [1.29, 1.82) is 0 Å². The second-order valence-electron chi connectivity index (χ2n) is 5.25. The van der Waals surface area contributed by atoms with Gasteiger partial charge in [-0.3, -0.25) is 4.90 Å². The maximum Gasteiger partial charge on any atom is 0.115 e. The molecule has 4 nitrogen and oxygen atoms in total. The molecule has 0 aliphatic carbocycles. The van der Waals surface area contributed by atoms with Gasteiger partial charge in [-0.2, -0.15) is 0 Å². The van der Waals surface area contributed by atoms with Gasteiger partial charge in [-0.05, 0) is 31.2 Å². The third-order valence-electron chi connectivity index (χ3n) is 3.98. The number of piperazine rings is 1. The van der Waals surface area contributed by atoms with Crippen LogP contribution in [-0.4, -0.2) is 54.9 Å². The first kappa shape index (κ1) is 11.8. The molecule has 1 N–H and O–H groups in total. The predicted molar refractivity (Wildman–Crippen MR) is 71.1 cm³/mol. The van der Waals surface area contributed by atoms with Crippen LogP contribution in [0.25, 0.3) is 0 Å². The van der Waals surface area contributed by atoms with E-state index in [0.29, 0.717) is 17.8 Å². The Bertz CT molecular complexity index is 403. The fraction of sp³-hybridized carbons (Fsp3) is 0.571. The lowest BCUT2D eigenvalue weighted by atomic mass is 10.1. The lowest BCUT2D eigenvalue weighted by Gasteiger charge is -2.46. The van der Waals surface area contributed by atoms with Crippen molar-refractivity contribution in [3.63, 3.8) is 0 Å². The van der Waals surface area contributed by atoms with E-state index in [9.17, 15) is 5.11 Å². The molecule has 0 spiro atoms. The van der Waals surface area contributed by atoms with Crippen LogP contribution in [0.5, 0.6) is 5.75 Å². The van der Waals surface area contributed by atoms with Crippen LogP contribution >= 0.6 is 0 Å². The van der Waals surface area contributed by atoms with Crippen LogP contribution in [-0.2, 0) is 4.74 Å². The van der Waals surface area contributed by atoms with E-state index in [2.05, 4.69) is 16.7 Å². The number of ether oxygens (including phenoxy) is 1. The van der Waals surface area contributed by atoms with Crippen LogP contribution in [0.1, 0.15) is 6.92 Å². The van der Waals surface area contributed by atoms with Gasteiger partial charge in [0.1, 0.15) is 5.75 Å². The Hall–Kier alpha value is -1.26. The highest BCUT2D eigenvalue weighted by atomic mass is 16.5. The van der Waals surface area contributed by atoms with Gasteiger partial charge in [0, 0.05) is 31.4 Å². The van der Waals surface area contributed by atoms with E-state index in [1.807, 2.05) is 12.1 Å². The molecule has 18 heavy (non-hydrogen) atoms. The third-order valence-corrected chi connectivity index (χ3v) is 3.98. The molecule has 2 fully saturated rings. The Morgan fingerprint density at radius 3 is 2.44 bits per heavy atom. The second kappa shape index (κ2) is 4.78. The molecule has 1 atom stereocenters. The van der Waals surface area contributed by atoms with Crippen molar-refractivity contribution in [3.05, 3.63) is 24.3 Å². The highest BCUT2D eigenvalue weighted by molar-refractivity contribution is 5.50. The minimum absolute atomic E-state index is 0.330. The number of rotatable bonds is 2. The van der Waals surface area contributed by atoms with Gasteiger partial charge in [0.15, 0.2) is 0 Å².